The molecule has 21 heavy (non-hydrogen) atoms. The summed E-state index contributed by atoms with van der Waals surface area (Å²) in [5.41, 5.74) is 0.676. The second-order valence-electron chi connectivity index (χ2n) is 5.41. The van der Waals surface area contributed by atoms with E-state index in [1.165, 1.54) is 15.7 Å². The van der Waals surface area contributed by atoms with Gasteiger partial charge in [0.05, 0.1) is 11.6 Å². The molecule has 112 valence electrons. The molecule has 1 aliphatic carbocycles. The molecule has 7 heteroatoms. The van der Waals surface area contributed by atoms with Crippen molar-refractivity contribution < 1.29 is 9.90 Å². The number of fused-ring (bicyclic) bond motifs is 1. The van der Waals surface area contributed by atoms with Crippen molar-refractivity contribution in [3.63, 3.8) is 0 Å². The fraction of sp³-hybridized carbons (Fsp3) is 0.500. The van der Waals surface area contributed by atoms with Crippen LogP contribution in [0.1, 0.15) is 31.4 Å². The maximum atomic E-state index is 11.9. The number of nitrogens with zero attached hydrogens (tertiary/aromatic N) is 2. The zero-order chi connectivity index (χ0) is 14.8. The lowest BCUT2D eigenvalue weighted by molar-refractivity contribution is -0.142. The van der Waals surface area contributed by atoms with E-state index >= 15 is 0 Å². The summed E-state index contributed by atoms with van der Waals surface area (Å²) in [5.74, 6) is -0.889. The fourth-order valence-corrected chi connectivity index (χ4v) is 3.51. The van der Waals surface area contributed by atoms with Crippen LogP contribution >= 0.6 is 11.3 Å². The van der Waals surface area contributed by atoms with Gasteiger partial charge >= 0.3 is 5.97 Å². The maximum Gasteiger partial charge on any atom is 0.306 e. The number of carbonyl (C=O) groups is 1. The van der Waals surface area contributed by atoms with Crippen LogP contribution in [0.4, 0.5) is 0 Å². The smallest absolute Gasteiger partial charge is 0.306 e. The van der Waals surface area contributed by atoms with Crippen molar-refractivity contribution in [1.82, 2.24) is 14.7 Å². The average molecular weight is 307 g/mol. The first kappa shape index (κ1) is 14.2. The van der Waals surface area contributed by atoms with Crippen molar-refractivity contribution in [2.45, 2.75) is 38.3 Å². The van der Waals surface area contributed by atoms with Gasteiger partial charge in [0.25, 0.3) is 5.56 Å². The van der Waals surface area contributed by atoms with Crippen molar-refractivity contribution >= 4 is 22.3 Å². The molecule has 3 rings (SSSR count). The van der Waals surface area contributed by atoms with Crippen LogP contribution in [-0.4, -0.2) is 26.5 Å². The Hall–Kier alpha value is -1.73. The Labute approximate surface area is 125 Å². The summed E-state index contributed by atoms with van der Waals surface area (Å²) in [5, 5.41) is 14.2. The predicted molar refractivity (Wildman–Crippen MR) is 79.6 cm³/mol. The normalized spacial score (nSPS) is 22.5. The number of hydrogen-bond donors (Lipinski definition) is 2. The van der Waals surface area contributed by atoms with Crippen LogP contribution < -0.4 is 10.9 Å². The summed E-state index contributed by atoms with van der Waals surface area (Å²) in [6.07, 6.45) is 4.87. The monoisotopic (exact) mass is 307 g/mol. The first-order chi connectivity index (χ1) is 10.1. The van der Waals surface area contributed by atoms with Crippen molar-refractivity contribution in [2.24, 2.45) is 5.92 Å². The van der Waals surface area contributed by atoms with E-state index in [4.69, 9.17) is 5.11 Å². The molecule has 0 aromatic carbocycles. The molecule has 1 aliphatic rings. The van der Waals surface area contributed by atoms with Gasteiger partial charge in [0.2, 0.25) is 0 Å². The van der Waals surface area contributed by atoms with Gasteiger partial charge in [-0.05, 0) is 25.7 Å². The van der Waals surface area contributed by atoms with E-state index in [-0.39, 0.29) is 11.5 Å². The zero-order valence-corrected chi connectivity index (χ0v) is 12.3. The van der Waals surface area contributed by atoms with Gasteiger partial charge in [0, 0.05) is 30.2 Å². The number of carboxylic acids is 1. The highest BCUT2D eigenvalue weighted by atomic mass is 32.1. The standard InChI is InChI=1S/C14H17N3O3S/c18-12-7-11(16-14-17(12)5-6-21-14)8-15-10-3-1-9(2-4-10)13(19)20/h5-7,9-10,15H,1-4,8H2,(H,19,20). The Bertz CT molecular complexity index is 701. The molecule has 1 fully saturated rings. The predicted octanol–water partition coefficient (Wildman–Crippen LogP) is 1.49. The zero-order valence-electron chi connectivity index (χ0n) is 11.5. The van der Waals surface area contributed by atoms with Gasteiger partial charge in [-0.1, -0.05) is 0 Å². The van der Waals surface area contributed by atoms with Crippen LogP contribution in [0.5, 0.6) is 0 Å². The van der Waals surface area contributed by atoms with E-state index in [1.54, 1.807) is 12.3 Å². The number of hydrogen-bond acceptors (Lipinski definition) is 5. The number of carboxylic acid groups (broad SMARTS) is 1. The molecule has 0 aliphatic heterocycles. The van der Waals surface area contributed by atoms with Crippen molar-refractivity contribution in [2.75, 3.05) is 0 Å². The first-order valence-electron chi connectivity index (χ1n) is 7.05. The number of thiazole rings is 1. The molecule has 2 aromatic heterocycles. The topological polar surface area (TPSA) is 83.7 Å². The highest BCUT2D eigenvalue weighted by molar-refractivity contribution is 7.15. The Morgan fingerprint density at radius 1 is 1.43 bits per heavy atom. The van der Waals surface area contributed by atoms with Gasteiger partial charge in [0.15, 0.2) is 4.96 Å². The van der Waals surface area contributed by atoms with Gasteiger partial charge in [-0.15, -0.1) is 11.3 Å². The summed E-state index contributed by atoms with van der Waals surface area (Å²) in [7, 11) is 0. The third-order valence-corrected chi connectivity index (χ3v) is 4.76. The molecule has 0 unspecified atom stereocenters. The lowest BCUT2D eigenvalue weighted by Crippen LogP contribution is -2.35. The molecular weight excluding hydrogens is 290 g/mol. The molecule has 2 N–H and O–H groups in total. The number of aromatic nitrogens is 2. The van der Waals surface area contributed by atoms with Crippen LogP contribution in [0.3, 0.4) is 0 Å². The average Bonchev–Trinajstić information content (AvgIpc) is 2.94. The fourth-order valence-electron chi connectivity index (χ4n) is 2.77. The van der Waals surface area contributed by atoms with Crippen LogP contribution in [0.15, 0.2) is 22.4 Å². The molecule has 6 nitrogen and oxygen atoms in total. The van der Waals surface area contributed by atoms with E-state index in [2.05, 4.69) is 10.3 Å². The minimum atomic E-state index is -0.689. The summed E-state index contributed by atoms with van der Waals surface area (Å²) in [4.78, 5) is 27.9. The molecule has 0 atom stereocenters. The minimum Gasteiger partial charge on any atom is -0.481 e. The number of rotatable bonds is 4. The summed E-state index contributed by atoms with van der Waals surface area (Å²) >= 11 is 1.44. The second-order valence-corrected chi connectivity index (χ2v) is 6.28. The largest absolute Gasteiger partial charge is 0.481 e. The Morgan fingerprint density at radius 3 is 2.90 bits per heavy atom. The maximum absolute atomic E-state index is 11.9. The van der Waals surface area contributed by atoms with Gasteiger partial charge in [-0.3, -0.25) is 14.0 Å². The molecule has 2 aromatic rings. The lowest BCUT2D eigenvalue weighted by Gasteiger charge is -2.26. The SMILES string of the molecule is O=C(O)C1CCC(NCc2cc(=O)n3ccsc3n2)CC1. The van der Waals surface area contributed by atoms with Crippen LogP contribution in [0, 0.1) is 5.92 Å². The van der Waals surface area contributed by atoms with Gasteiger partial charge in [0.1, 0.15) is 0 Å². The van der Waals surface area contributed by atoms with E-state index < -0.39 is 5.97 Å². The number of nitrogens with one attached hydrogen (secondary N) is 1. The highest BCUT2D eigenvalue weighted by Crippen LogP contribution is 2.24. The Kier molecular flexibility index (Phi) is 4.03. The first-order valence-corrected chi connectivity index (χ1v) is 7.93. The number of aliphatic carboxylic acids is 1. The molecule has 1 saturated carbocycles. The lowest BCUT2D eigenvalue weighted by atomic mass is 9.86. The molecule has 0 saturated heterocycles. The second kappa shape index (κ2) is 5.95. The minimum absolute atomic E-state index is 0.0624. The van der Waals surface area contributed by atoms with Gasteiger partial charge < -0.3 is 10.4 Å². The molecule has 2 heterocycles. The van der Waals surface area contributed by atoms with E-state index in [1.807, 2.05) is 5.38 Å². The Balaban J connectivity index is 1.60. The van der Waals surface area contributed by atoms with Crippen molar-refractivity contribution in [3.8, 4) is 0 Å². The molecule has 0 spiro atoms. The van der Waals surface area contributed by atoms with Crippen LogP contribution in [0.2, 0.25) is 0 Å². The summed E-state index contributed by atoms with van der Waals surface area (Å²) in [6, 6.07) is 1.86. The third kappa shape index (κ3) is 3.14. The quantitative estimate of drug-likeness (QED) is 0.894. The van der Waals surface area contributed by atoms with E-state index in [0.717, 1.165) is 18.5 Å². The van der Waals surface area contributed by atoms with Crippen molar-refractivity contribution in [3.05, 3.63) is 33.7 Å². The molecule has 0 radical (unpaired) electrons. The van der Waals surface area contributed by atoms with Gasteiger partial charge in [-0.25, -0.2) is 4.98 Å². The summed E-state index contributed by atoms with van der Waals surface area (Å²) in [6.45, 7) is 0.548. The van der Waals surface area contributed by atoms with Crippen LogP contribution in [-0.2, 0) is 11.3 Å². The van der Waals surface area contributed by atoms with Crippen molar-refractivity contribution in [1.29, 1.82) is 0 Å². The van der Waals surface area contributed by atoms with Crippen LogP contribution in [0.25, 0.3) is 4.96 Å². The molecular formula is C14H17N3O3S. The Morgan fingerprint density at radius 2 is 2.19 bits per heavy atom. The third-order valence-electron chi connectivity index (χ3n) is 4.00. The molecule has 0 amide bonds. The van der Waals surface area contributed by atoms with E-state index in [0.29, 0.717) is 30.4 Å². The summed E-state index contributed by atoms with van der Waals surface area (Å²) < 4.78 is 1.53. The van der Waals surface area contributed by atoms with Gasteiger partial charge in [-0.2, -0.15) is 0 Å². The highest BCUT2D eigenvalue weighted by Gasteiger charge is 2.25. The van der Waals surface area contributed by atoms with E-state index in [9.17, 15) is 9.59 Å². The molecule has 0 bridgehead atoms.